The zero-order chi connectivity index (χ0) is 23.9. The van der Waals surface area contributed by atoms with Gasteiger partial charge in [-0.15, -0.1) is 0 Å². The molecule has 2 aliphatic heterocycles. The first-order valence-corrected chi connectivity index (χ1v) is 13.1. The van der Waals surface area contributed by atoms with E-state index >= 15 is 0 Å². The quantitative estimate of drug-likeness (QED) is 0.537. The van der Waals surface area contributed by atoms with Crippen molar-refractivity contribution in [3.05, 3.63) is 83.4 Å². The Morgan fingerprint density at radius 3 is 2.12 bits per heavy atom. The highest BCUT2D eigenvalue weighted by Crippen LogP contribution is 2.36. The van der Waals surface area contributed by atoms with Gasteiger partial charge in [0.05, 0.1) is 11.3 Å². The number of fused-ring (bicyclic) bond motifs is 3. The maximum Gasteiger partial charge on any atom is 0.242 e. The van der Waals surface area contributed by atoms with Crippen molar-refractivity contribution in [2.75, 3.05) is 37.0 Å². The summed E-state index contributed by atoms with van der Waals surface area (Å²) in [5, 5.41) is 0. The summed E-state index contributed by atoms with van der Waals surface area (Å²) in [6.07, 6.45) is 2.92. The van der Waals surface area contributed by atoms with Crippen LogP contribution in [-0.2, 0) is 34.1 Å². The Bertz CT molecular complexity index is 1310. The Balaban J connectivity index is 1.33. The van der Waals surface area contributed by atoms with Gasteiger partial charge in [-0.3, -0.25) is 4.79 Å². The average Bonchev–Trinajstić information content (AvgIpc) is 3.03. The van der Waals surface area contributed by atoms with Crippen molar-refractivity contribution in [1.29, 1.82) is 0 Å². The van der Waals surface area contributed by atoms with E-state index in [2.05, 4.69) is 53.4 Å². The van der Waals surface area contributed by atoms with Gasteiger partial charge in [0.25, 0.3) is 0 Å². The number of sulfonamides is 1. The molecule has 0 N–H and O–H groups in total. The van der Waals surface area contributed by atoms with Crippen molar-refractivity contribution in [1.82, 2.24) is 4.31 Å². The lowest BCUT2D eigenvalue weighted by atomic mass is 10.0. The molecule has 6 nitrogen and oxygen atoms in total. The first-order chi connectivity index (χ1) is 16.4. The molecule has 0 bridgehead atoms. The third-order valence-corrected chi connectivity index (χ3v) is 8.77. The number of anilines is 3. The molecule has 0 spiro atoms. The van der Waals surface area contributed by atoms with Gasteiger partial charge < -0.3 is 9.80 Å². The topological polar surface area (TPSA) is 60.9 Å². The smallest absolute Gasteiger partial charge is 0.242 e. The Labute approximate surface area is 201 Å². The monoisotopic (exact) mass is 475 g/mol. The van der Waals surface area contributed by atoms with E-state index < -0.39 is 10.0 Å². The summed E-state index contributed by atoms with van der Waals surface area (Å²) in [7, 11) is -0.297. The molecule has 0 unspecified atom stereocenters. The maximum atomic E-state index is 13.2. The van der Waals surface area contributed by atoms with E-state index in [0.29, 0.717) is 13.0 Å². The van der Waals surface area contributed by atoms with E-state index in [1.54, 1.807) is 37.2 Å². The number of aryl methyl sites for hydroxylation is 2. The molecular formula is C27H29N3O3S. The first-order valence-electron chi connectivity index (χ1n) is 11.7. The van der Waals surface area contributed by atoms with E-state index in [1.807, 2.05) is 0 Å². The van der Waals surface area contributed by atoms with Crippen LogP contribution < -0.4 is 9.80 Å². The molecule has 3 aromatic rings. The van der Waals surface area contributed by atoms with Gasteiger partial charge in [-0.05, 0) is 66.3 Å². The second-order valence-corrected chi connectivity index (χ2v) is 11.1. The van der Waals surface area contributed by atoms with Gasteiger partial charge in [-0.1, -0.05) is 36.4 Å². The predicted octanol–water partition coefficient (Wildman–Crippen LogP) is 4.15. The molecule has 34 heavy (non-hydrogen) atoms. The number of nitrogens with zero attached hydrogens (tertiary/aromatic N) is 3. The average molecular weight is 476 g/mol. The molecule has 2 aliphatic rings. The lowest BCUT2D eigenvalue weighted by molar-refractivity contribution is -0.117. The standard InChI is InChI=1S/C27H29N3O3S/c1-28(34(32,33)23-14-15-24-22(18-23)19-27(31)29(24)2)16-7-17-30-25-10-5-3-8-20(25)12-13-21-9-4-6-11-26(21)30/h3-6,8-11,14-15,18H,7,12-13,16-17,19H2,1-2H3. The number of carbonyl (C=O) groups is 1. The van der Waals surface area contributed by atoms with E-state index in [1.165, 1.54) is 26.8 Å². The number of likely N-dealkylation sites (N-methyl/N-ethyl adjacent to an activating group) is 1. The molecule has 5 rings (SSSR count). The van der Waals surface area contributed by atoms with Gasteiger partial charge >= 0.3 is 0 Å². The molecule has 0 fully saturated rings. The van der Waals surface area contributed by atoms with Crippen molar-refractivity contribution >= 4 is 33.0 Å². The highest BCUT2D eigenvalue weighted by Gasteiger charge is 2.28. The van der Waals surface area contributed by atoms with Crippen LogP contribution >= 0.6 is 0 Å². The van der Waals surface area contributed by atoms with Gasteiger partial charge in [0.1, 0.15) is 0 Å². The van der Waals surface area contributed by atoms with Crippen LogP contribution in [0.2, 0.25) is 0 Å². The lowest BCUT2D eigenvalue weighted by Gasteiger charge is -2.28. The van der Waals surface area contributed by atoms with Crippen molar-refractivity contribution < 1.29 is 13.2 Å². The van der Waals surface area contributed by atoms with Gasteiger partial charge in [0.15, 0.2) is 0 Å². The minimum absolute atomic E-state index is 0.0177. The summed E-state index contributed by atoms with van der Waals surface area (Å²) in [6, 6.07) is 21.9. The van der Waals surface area contributed by atoms with Crippen molar-refractivity contribution in [2.24, 2.45) is 0 Å². The van der Waals surface area contributed by atoms with Crippen LogP contribution in [0.3, 0.4) is 0 Å². The van der Waals surface area contributed by atoms with E-state index in [4.69, 9.17) is 0 Å². The summed E-state index contributed by atoms with van der Waals surface area (Å²) in [6.45, 7) is 1.12. The molecule has 0 atom stereocenters. The largest absolute Gasteiger partial charge is 0.341 e. The minimum Gasteiger partial charge on any atom is -0.341 e. The van der Waals surface area contributed by atoms with Gasteiger partial charge in [-0.25, -0.2) is 12.7 Å². The summed E-state index contributed by atoms with van der Waals surface area (Å²) in [5.41, 5.74) is 6.58. The number of hydrogen-bond acceptors (Lipinski definition) is 4. The van der Waals surface area contributed by atoms with Crippen LogP contribution in [-0.4, -0.2) is 45.8 Å². The summed E-state index contributed by atoms with van der Waals surface area (Å²) < 4.78 is 27.9. The van der Waals surface area contributed by atoms with Gasteiger partial charge in [0, 0.05) is 44.2 Å². The molecule has 3 aromatic carbocycles. The molecule has 0 radical (unpaired) electrons. The lowest BCUT2D eigenvalue weighted by Crippen LogP contribution is -2.30. The third-order valence-electron chi connectivity index (χ3n) is 6.92. The summed E-state index contributed by atoms with van der Waals surface area (Å²) in [4.78, 5) is 16.1. The van der Waals surface area contributed by atoms with E-state index in [9.17, 15) is 13.2 Å². The zero-order valence-electron chi connectivity index (χ0n) is 19.6. The van der Waals surface area contributed by atoms with Crippen LogP contribution in [0.15, 0.2) is 71.6 Å². The third kappa shape index (κ3) is 3.99. The SMILES string of the molecule is CN1C(=O)Cc2cc(S(=O)(=O)N(C)CCCN3c4ccccc4CCc4ccccc43)ccc21. The number of carbonyl (C=O) groups excluding carboxylic acids is 1. The van der Waals surface area contributed by atoms with Crippen molar-refractivity contribution in [3.8, 4) is 0 Å². The van der Waals surface area contributed by atoms with Crippen LogP contribution in [0, 0.1) is 0 Å². The van der Waals surface area contributed by atoms with Gasteiger partial charge in [-0.2, -0.15) is 0 Å². The molecular weight excluding hydrogens is 446 g/mol. The van der Waals surface area contributed by atoms with Crippen LogP contribution in [0.1, 0.15) is 23.1 Å². The predicted molar refractivity (Wildman–Crippen MR) is 135 cm³/mol. The Kier molecular flexibility index (Phi) is 5.91. The fraction of sp³-hybridized carbons (Fsp3) is 0.296. The van der Waals surface area contributed by atoms with E-state index in [-0.39, 0.29) is 17.2 Å². The molecule has 2 heterocycles. The normalized spacial score (nSPS) is 15.2. The second-order valence-electron chi connectivity index (χ2n) is 9.01. The fourth-order valence-electron chi connectivity index (χ4n) is 4.97. The minimum atomic E-state index is -3.64. The number of hydrogen-bond donors (Lipinski definition) is 0. The molecule has 176 valence electrons. The molecule has 7 heteroatoms. The number of amides is 1. The number of para-hydroxylation sites is 2. The molecule has 0 saturated heterocycles. The molecule has 1 amide bonds. The summed E-state index contributed by atoms with van der Waals surface area (Å²) >= 11 is 0. The molecule has 0 aliphatic carbocycles. The highest BCUT2D eigenvalue weighted by atomic mass is 32.2. The maximum absolute atomic E-state index is 13.2. The van der Waals surface area contributed by atoms with Gasteiger partial charge in [0.2, 0.25) is 15.9 Å². The Hall–Kier alpha value is -3.16. The number of rotatable bonds is 6. The van der Waals surface area contributed by atoms with Crippen LogP contribution in [0.5, 0.6) is 0 Å². The molecule has 0 aromatic heterocycles. The number of benzene rings is 3. The highest BCUT2D eigenvalue weighted by molar-refractivity contribution is 7.89. The Morgan fingerprint density at radius 1 is 0.853 bits per heavy atom. The zero-order valence-corrected chi connectivity index (χ0v) is 20.4. The fourth-order valence-corrected chi connectivity index (χ4v) is 6.23. The van der Waals surface area contributed by atoms with Crippen molar-refractivity contribution in [3.63, 3.8) is 0 Å². The van der Waals surface area contributed by atoms with Crippen molar-refractivity contribution in [2.45, 2.75) is 30.6 Å². The van der Waals surface area contributed by atoms with Crippen LogP contribution in [0.4, 0.5) is 17.1 Å². The van der Waals surface area contributed by atoms with E-state index in [0.717, 1.165) is 30.6 Å². The molecule has 0 saturated carbocycles. The van der Waals surface area contributed by atoms with Crippen LogP contribution in [0.25, 0.3) is 0 Å². The Morgan fingerprint density at radius 2 is 1.47 bits per heavy atom. The summed E-state index contributed by atoms with van der Waals surface area (Å²) in [5.74, 6) is -0.0177. The first kappa shape index (κ1) is 22.6. The second kappa shape index (κ2) is 8.89.